The van der Waals surface area contributed by atoms with E-state index in [9.17, 15) is 9.59 Å². The van der Waals surface area contributed by atoms with Crippen molar-refractivity contribution in [2.24, 2.45) is 11.8 Å². The van der Waals surface area contributed by atoms with Crippen LogP contribution < -0.4 is 0 Å². The Morgan fingerprint density at radius 2 is 1.38 bits per heavy atom. The highest BCUT2D eigenvalue weighted by Gasteiger charge is 2.38. The average molecular weight is 180 g/mol. The molecule has 13 heavy (non-hydrogen) atoms. The van der Waals surface area contributed by atoms with Crippen molar-refractivity contribution in [1.82, 2.24) is 0 Å². The number of carbonyl (C=O) groups is 2. The summed E-state index contributed by atoms with van der Waals surface area (Å²) in [4.78, 5) is 22.9. The third-order valence-electron chi connectivity index (χ3n) is 3.43. The van der Waals surface area contributed by atoms with Crippen LogP contribution in [0.25, 0.3) is 0 Å². The zero-order valence-corrected chi connectivity index (χ0v) is 7.92. The molecule has 2 fully saturated rings. The summed E-state index contributed by atoms with van der Waals surface area (Å²) in [5, 5.41) is 0. The van der Waals surface area contributed by atoms with E-state index < -0.39 is 0 Å². The van der Waals surface area contributed by atoms with Gasteiger partial charge >= 0.3 is 0 Å². The second-order valence-corrected chi connectivity index (χ2v) is 4.31. The monoisotopic (exact) mass is 180 g/mol. The summed E-state index contributed by atoms with van der Waals surface area (Å²) in [6, 6.07) is 0. The smallest absolute Gasteiger partial charge is 0.144 e. The number of hydrogen-bond acceptors (Lipinski definition) is 2. The maximum Gasteiger partial charge on any atom is 0.144 e. The van der Waals surface area contributed by atoms with Gasteiger partial charge in [-0.1, -0.05) is 19.3 Å². The highest BCUT2D eigenvalue weighted by Crippen LogP contribution is 2.35. The Bertz CT molecular complexity index is 210. The van der Waals surface area contributed by atoms with E-state index >= 15 is 0 Å². The molecule has 0 heterocycles. The molecule has 0 saturated heterocycles. The zero-order chi connectivity index (χ0) is 9.26. The molecular formula is C11H16O2. The number of ketones is 2. The van der Waals surface area contributed by atoms with Crippen molar-refractivity contribution in [3.63, 3.8) is 0 Å². The molecule has 0 aromatic carbocycles. The first-order chi connectivity index (χ1) is 6.29. The molecule has 72 valence electrons. The normalized spacial score (nSPS) is 27.1. The molecule has 2 rings (SSSR count). The lowest BCUT2D eigenvalue weighted by atomic mass is 9.78. The van der Waals surface area contributed by atoms with Crippen molar-refractivity contribution in [1.29, 1.82) is 0 Å². The lowest BCUT2D eigenvalue weighted by Crippen LogP contribution is -2.26. The van der Waals surface area contributed by atoms with Crippen molar-refractivity contribution in [3.05, 3.63) is 0 Å². The van der Waals surface area contributed by atoms with Crippen molar-refractivity contribution in [2.75, 3.05) is 0 Å². The standard InChI is InChI=1S/C11H16O2/c12-9-6-7-10(13)11(9)8-4-2-1-3-5-8/h8,11H,1-7H2. The highest BCUT2D eigenvalue weighted by atomic mass is 16.2. The molecule has 0 spiro atoms. The van der Waals surface area contributed by atoms with E-state index in [1.165, 1.54) is 19.3 Å². The molecule has 0 aromatic heterocycles. The first-order valence-corrected chi connectivity index (χ1v) is 5.34. The summed E-state index contributed by atoms with van der Waals surface area (Å²) in [5.74, 6) is 0.644. The van der Waals surface area contributed by atoms with Gasteiger partial charge in [-0.2, -0.15) is 0 Å². The maximum absolute atomic E-state index is 11.5. The third-order valence-corrected chi connectivity index (χ3v) is 3.43. The largest absolute Gasteiger partial charge is 0.299 e. The quantitative estimate of drug-likeness (QED) is 0.579. The molecular weight excluding hydrogens is 164 g/mol. The van der Waals surface area contributed by atoms with Gasteiger partial charge in [0.1, 0.15) is 11.6 Å². The number of Topliss-reactive ketones (excluding diaryl/α,β-unsaturated/α-hetero) is 2. The van der Waals surface area contributed by atoms with Crippen LogP contribution in [0.1, 0.15) is 44.9 Å². The molecule has 2 heteroatoms. The first-order valence-electron chi connectivity index (χ1n) is 5.34. The number of carbonyl (C=O) groups excluding carboxylic acids is 2. The Balaban J connectivity index is 2.05. The van der Waals surface area contributed by atoms with E-state index in [4.69, 9.17) is 0 Å². The van der Waals surface area contributed by atoms with Gasteiger partial charge < -0.3 is 0 Å². The van der Waals surface area contributed by atoms with Gasteiger partial charge in [0.05, 0.1) is 5.92 Å². The van der Waals surface area contributed by atoms with E-state index in [1.807, 2.05) is 0 Å². The number of hydrogen-bond donors (Lipinski definition) is 0. The summed E-state index contributed by atoms with van der Waals surface area (Å²) < 4.78 is 0. The van der Waals surface area contributed by atoms with Crippen LogP contribution in [0, 0.1) is 11.8 Å². The van der Waals surface area contributed by atoms with Crippen LogP contribution in [0.2, 0.25) is 0 Å². The van der Waals surface area contributed by atoms with Gasteiger partial charge in [0.15, 0.2) is 0 Å². The van der Waals surface area contributed by atoms with Crippen LogP contribution in [-0.4, -0.2) is 11.6 Å². The van der Waals surface area contributed by atoms with Crippen LogP contribution in [0.4, 0.5) is 0 Å². The molecule has 0 amide bonds. The molecule has 0 bridgehead atoms. The van der Waals surface area contributed by atoms with E-state index in [1.54, 1.807) is 0 Å². The van der Waals surface area contributed by atoms with E-state index in [0.717, 1.165) is 12.8 Å². The van der Waals surface area contributed by atoms with Gasteiger partial charge in [0, 0.05) is 12.8 Å². The van der Waals surface area contributed by atoms with E-state index in [-0.39, 0.29) is 17.5 Å². The summed E-state index contributed by atoms with van der Waals surface area (Å²) in [7, 11) is 0. The minimum atomic E-state index is -0.194. The fourth-order valence-electron chi connectivity index (χ4n) is 2.73. The fourth-order valence-corrected chi connectivity index (χ4v) is 2.73. The molecule has 0 aliphatic heterocycles. The van der Waals surface area contributed by atoms with Crippen LogP contribution in [0.5, 0.6) is 0 Å². The molecule has 0 atom stereocenters. The lowest BCUT2D eigenvalue weighted by molar-refractivity contribution is -0.129. The Morgan fingerprint density at radius 3 is 1.92 bits per heavy atom. The van der Waals surface area contributed by atoms with Crippen LogP contribution >= 0.6 is 0 Å². The Hall–Kier alpha value is -0.660. The zero-order valence-electron chi connectivity index (χ0n) is 7.92. The SMILES string of the molecule is O=C1CCC(=O)C1C1CCCCC1. The minimum Gasteiger partial charge on any atom is -0.299 e. The second-order valence-electron chi connectivity index (χ2n) is 4.31. The summed E-state index contributed by atoms with van der Waals surface area (Å²) in [6.07, 6.45) is 6.93. The summed E-state index contributed by atoms with van der Waals surface area (Å²) in [5.41, 5.74) is 0. The summed E-state index contributed by atoms with van der Waals surface area (Å²) in [6.45, 7) is 0. The van der Waals surface area contributed by atoms with Crippen molar-refractivity contribution < 1.29 is 9.59 Å². The van der Waals surface area contributed by atoms with Crippen molar-refractivity contribution >= 4 is 11.6 Å². The van der Waals surface area contributed by atoms with Gasteiger partial charge in [0.25, 0.3) is 0 Å². The molecule has 0 radical (unpaired) electrons. The Labute approximate surface area is 78.7 Å². The fraction of sp³-hybridized carbons (Fsp3) is 0.818. The van der Waals surface area contributed by atoms with Crippen molar-refractivity contribution in [3.8, 4) is 0 Å². The predicted molar refractivity (Wildman–Crippen MR) is 49.3 cm³/mol. The highest BCUT2D eigenvalue weighted by molar-refractivity contribution is 6.08. The molecule has 0 unspecified atom stereocenters. The average Bonchev–Trinajstić information content (AvgIpc) is 2.48. The Morgan fingerprint density at radius 1 is 0.846 bits per heavy atom. The molecule has 0 aromatic rings. The van der Waals surface area contributed by atoms with E-state index in [0.29, 0.717) is 18.8 Å². The van der Waals surface area contributed by atoms with Gasteiger partial charge in [-0.15, -0.1) is 0 Å². The van der Waals surface area contributed by atoms with Crippen LogP contribution in [0.15, 0.2) is 0 Å². The summed E-state index contributed by atoms with van der Waals surface area (Å²) >= 11 is 0. The van der Waals surface area contributed by atoms with E-state index in [2.05, 4.69) is 0 Å². The second kappa shape index (κ2) is 3.60. The Kier molecular flexibility index (Phi) is 2.47. The van der Waals surface area contributed by atoms with Crippen LogP contribution in [-0.2, 0) is 9.59 Å². The molecule has 0 N–H and O–H groups in total. The topological polar surface area (TPSA) is 34.1 Å². The van der Waals surface area contributed by atoms with Gasteiger partial charge in [-0.3, -0.25) is 9.59 Å². The molecule has 2 saturated carbocycles. The number of rotatable bonds is 1. The van der Waals surface area contributed by atoms with Gasteiger partial charge in [0.2, 0.25) is 0 Å². The third kappa shape index (κ3) is 1.67. The van der Waals surface area contributed by atoms with Gasteiger partial charge in [-0.25, -0.2) is 0 Å². The molecule has 2 nitrogen and oxygen atoms in total. The maximum atomic E-state index is 11.5. The molecule has 2 aliphatic carbocycles. The first kappa shape index (κ1) is 8.92. The van der Waals surface area contributed by atoms with Crippen LogP contribution in [0.3, 0.4) is 0 Å². The minimum absolute atomic E-state index is 0.194. The predicted octanol–water partition coefficient (Wildman–Crippen LogP) is 2.11. The van der Waals surface area contributed by atoms with Gasteiger partial charge in [-0.05, 0) is 18.8 Å². The molecule has 2 aliphatic rings. The van der Waals surface area contributed by atoms with Crippen molar-refractivity contribution in [2.45, 2.75) is 44.9 Å². The lowest BCUT2D eigenvalue weighted by Gasteiger charge is -2.25.